The molecule has 1 aliphatic heterocycles. The second-order valence-corrected chi connectivity index (χ2v) is 5.00. The van der Waals surface area contributed by atoms with Crippen LogP contribution >= 0.6 is 0 Å². The zero-order valence-corrected chi connectivity index (χ0v) is 8.85. The van der Waals surface area contributed by atoms with Crippen LogP contribution in [0.2, 0.25) is 0 Å². The monoisotopic (exact) mass is 220 g/mol. The van der Waals surface area contributed by atoms with Crippen molar-refractivity contribution >= 4 is 10.0 Å². The number of morpholine rings is 1. The van der Waals surface area contributed by atoms with Gasteiger partial charge in [-0.3, -0.25) is 0 Å². The first kappa shape index (κ1) is 11.6. The summed E-state index contributed by atoms with van der Waals surface area (Å²) in [5.74, 6) is -0.0411. The van der Waals surface area contributed by atoms with Crippen molar-refractivity contribution in [2.45, 2.75) is 6.04 Å². The summed E-state index contributed by atoms with van der Waals surface area (Å²) >= 11 is 0. The standard InChI is InChI=1S/C8H16N2O3S/c1-2-5-14(11,12)10-6-8-7-13-4-3-9-8/h2,8-10H,1,3-7H2. The van der Waals surface area contributed by atoms with E-state index in [1.807, 2.05) is 0 Å². The van der Waals surface area contributed by atoms with Gasteiger partial charge < -0.3 is 10.1 Å². The minimum atomic E-state index is -3.19. The highest BCUT2D eigenvalue weighted by molar-refractivity contribution is 7.89. The molecule has 0 aliphatic carbocycles. The van der Waals surface area contributed by atoms with Crippen molar-refractivity contribution < 1.29 is 13.2 Å². The van der Waals surface area contributed by atoms with E-state index in [-0.39, 0.29) is 11.8 Å². The minimum Gasteiger partial charge on any atom is -0.378 e. The lowest BCUT2D eigenvalue weighted by Gasteiger charge is -2.23. The van der Waals surface area contributed by atoms with Gasteiger partial charge in [-0.2, -0.15) is 0 Å². The third kappa shape index (κ3) is 4.19. The van der Waals surface area contributed by atoms with Gasteiger partial charge in [0.05, 0.1) is 19.0 Å². The van der Waals surface area contributed by atoms with Crippen LogP contribution in [-0.2, 0) is 14.8 Å². The number of sulfonamides is 1. The first-order chi connectivity index (χ1) is 6.64. The molecule has 14 heavy (non-hydrogen) atoms. The molecule has 0 spiro atoms. The highest BCUT2D eigenvalue weighted by atomic mass is 32.2. The molecule has 0 aromatic rings. The Morgan fingerprint density at radius 2 is 2.43 bits per heavy atom. The highest BCUT2D eigenvalue weighted by Crippen LogP contribution is 1.93. The summed E-state index contributed by atoms with van der Waals surface area (Å²) in [6.45, 7) is 5.77. The predicted octanol–water partition coefficient (Wildman–Crippen LogP) is -0.920. The van der Waals surface area contributed by atoms with Crippen molar-refractivity contribution in [1.29, 1.82) is 0 Å². The zero-order chi connectivity index (χ0) is 10.4. The molecule has 1 fully saturated rings. The summed E-state index contributed by atoms with van der Waals surface area (Å²) in [6.07, 6.45) is 1.37. The lowest BCUT2D eigenvalue weighted by atomic mass is 10.3. The normalized spacial score (nSPS) is 23.3. The average Bonchev–Trinajstić information content (AvgIpc) is 2.17. The molecule has 2 N–H and O–H groups in total. The molecule has 0 saturated carbocycles. The number of rotatable bonds is 5. The van der Waals surface area contributed by atoms with Gasteiger partial charge in [0.15, 0.2) is 0 Å². The molecule has 1 rings (SSSR count). The summed E-state index contributed by atoms with van der Waals surface area (Å²) in [7, 11) is -3.19. The van der Waals surface area contributed by atoms with Crippen molar-refractivity contribution in [1.82, 2.24) is 10.0 Å². The molecule has 5 nitrogen and oxygen atoms in total. The Morgan fingerprint density at radius 3 is 3.00 bits per heavy atom. The van der Waals surface area contributed by atoms with Gasteiger partial charge in [-0.15, -0.1) is 6.58 Å². The summed E-state index contributed by atoms with van der Waals surface area (Å²) < 4.78 is 30.1. The van der Waals surface area contributed by atoms with Gasteiger partial charge in [0.1, 0.15) is 0 Å². The van der Waals surface area contributed by atoms with Crippen molar-refractivity contribution in [2.75, 3.05) is 32.1 Å². The van der Waals surface area contributed by atoms with Crippen molar-refractivity contribution in [3.63, 3.8) is 0 Å². The third-order valence-corrected chi connectivity index (χ3v) is 3.17. The van der Waals surface area contributed by atoms with Gasteiger partial charge in [-0.25, -0.2) is 13.1 Å². The van der Waals surface area contributed by atoms with Crippen LogP contribution in [0.1, 0.15) is 0 Å². The van der Waals surface area contributed by atoms with Crippen LogP contribution in [0.25, 0.3) is 0 Å². The molecule has 0 bridgehead atoms. The fraction of sp³-hybridized carbons (Fsp3) is 0.750. The molecule has 0 aromatic carbocycles. The molecule has 1 atom stereocenters. The number of hydrogen-bond acceptors (Lipinski definition) is 4. The molecule has 1 saturated heterocycles. The molecular formula is C8H16N2O3S. The lowest BCUT2D eigenvalue weighted by molar-refractivity contribution is 0.0784. The molecule has 1 unspecified atom stereocenters. The maximum atomic E-state index is 11.2. The van der Waals surface area contributed by atoms with E-state index in [9.17, 15) is 8.42 Å². The van der Waals surface area contributed by atoms with Crippen LogP contribution in [-0.4, -0.2) is 46.5 Å². The van der Waals surface area contributed by atoms with E-state index >= 15 is 0 Å². The van der Waals surface area contributed by atoms with Gasteiger partial charge in [0.25, 0.3) is 0 Å². The minimum absolute atomic E-state index is 0.0411. The van der Waals surface area contributed by atoms with E-state index < -0.39 is 10.0 Å². The summed E-state index contributed by atoms with van der Waals surface area (Å²) in [4.78, 5) is 0. The van der Waals surface area contributed by atoms with Gasteiger partial charge in [-0.1, -0.05) is 6.08 Å². The first-order valence-electron chi connectivity index (χ1n) is 4.53. The fourth-order valence-electron chi connectivity index (χ4n) is 1.19. The Bertz CT molecular complexity index is 270. The fourth-order valence-corrected chi connectivity index (χ4v) is 2.08. The smallest absolute Gasteiger partial charge is 0.215 e. The van der Waals surface area contributed by atoms with Crippen LogP contribution < -0.4 is 10.0 Å². The van der Waals surface area contributed by atoms with Crippen LogP contribution in [0.4, 0.5) is 0 Å². The predicted molar refractivity (Wildman–Crippen MR) is 54.6 cm³/mol. The van der Waals surface area contributed by atoms with Crippen molar-refractivity contribution in [3.05, 3.63) is 12.7 Å². The van der Waals surface area contributed by atoms with Crippen molar-refractivity contribution in [2.24, 2.45) is 0 Å². The highest BCUT2D eigenvalue weighted by Gasteiger charge is 2.15. The zero-order valence-electron chi connectivity index (χ0n) is 8.03. The molecule has 6 heteroatoms. The van der Waals surface area contributed by atoms with Gasteiger partial charge in [0.2, 0.25) is 10.0 Å². The van der Waals surface area contributed by atoms with Gasteiger partial charge in [0, 0.05) is 19.1 Å². The van der Waals surface area contributed by atoms with Crippen LogP contribution in [0.15, 0.2) is 12.7 Å². The Kier molecular flexibility index (Phi) is 4.53. The summed E-state index contributed by atoms with van der Waals surface area (Å²) in [5, 5.41) is 3.16. The van der Waals surface area contributed by atoms with Gasteiger partial charge in [-0.05, 0) is 0 Å². The molecule has 82 valence electrons. The van der Waals surface area contributed by atoms with Crippen LogP contribution in [0.3, 0.4) is 0 Å². The third-order valence-electron chi connectivity index (χ3n) is 1.89. The number of ether oxygens (including phenoxy) is 1. The molecule has 1 aliphatic rings. The maximum absolute atomic E-state index is 11.2. The molecular weight excluding hydrogens is 204 g/mol. The molecule has 0 aromatic heterocycles. The Morgan fingerprint density at radius 1 is 1.64 bits per heavy atom. The molecule has 1 heterocycles. The average molecular weight is 220 g/mol. The topological polar surface area (TPSA) is 67.4 Å². The van der Waals surface area contributed by atoms with E-state index in [2.05, 4.69) is 16.6 Å². The van der Waals surface area contributed by atoms with Crippen molar-refractivity contribution in [3.8, 4) is 0 Å². The quantitative estimate of drug-likeness (QED) is 0.588. The van der Waals surface area contributed by atoms with Crippen LogP contribution in [0, 0.1) is 0 Å². The SMILES string of the molecule is C=CCS(=O)(=O)NCC1COCCN1. The maximum Gasteiger partial charge on any atom is 0.215 e. The van der Waals surface area contributed by atoms with E-state index in [1.165, 1.54) is 6.08 Å². The lowest BCUT2D eigenvalue weighted by Crippen LogP contribution is -2.48. The van der Waals surface area contributed by atoms with E-state index in [0.717, 1.165) is 6.54 Å². The first-order valence-corrected chi connectivity index (χ1v) is 6.18. The summed E-state index contributed by atoms with van der Waals surface area (Å²) in [6, 6.07) is 0.0725. The molecule has 0 amide bonds. The number of hydrogen-bond donors (Lipinski definition) is 2. The Labute approximate surface area is 84.6 Å². The molecule has 0 radical (unpaired) electrons. The Hall–Kier alpha value is -0.430. The van der Waals surface area contributed by atoms with E-state index in [0.29, 0.717) is 19.8 Å². The Balaban J connectivity index is 2.28. The second kappa shape index (κ2) is 5.45. The second-order valence-electron chi connectivity index (χ2n) is 3.14. The number of nitrogens with one attached hydrogen (secondary N) is 2. The summed E-state index contributed by atoms with van der Waals surface area (Å²) in [5.41, 5.74) is 0. The van der Waals surface area contributed by atoms with Crippen LogP contribution in [0.5, 0.6) is 0 Å². The van der Waals surface area contributed by atoms with E-state index in [1.54, 1.807) is 0 Å². The van der Waals surface area contributed by atoms with Gasteiger partial charge >= 0.3 is 0 Å². The largest absolute Gasteiger partial charge is 0.378 e. The van der Waals surface area contributed by atoms with E-state index in [4.69, 9.17) is 4.74 Å².